The van der Waals surface area contributed by atoms with Crippen molar-refractivity contribution in [1.82, 2.24) is 0 Å². The number of hydrogen-bond donors (Lipinski definition) is 0. The van der Waals surface area contributed by atoms with Crippen molar-refractivity contribution < 1.29 is 13.2 Å². The molecule has 0 atom stereocenters. The van der Waals surface area contributed by atoms with Gasteiger partial charge in [-0.25, -0.2) is 13.2 Å². The predicted octanol–water partition coefficient (Wildman–Crippen LogP) is 8.32. The number of fused-ring (bicyclic) bond motifs is 1. The monoisotopic (exact) mass is 404 g/mol. The van der Waals surface area contributed by atoms with Gasteiger partial charge in [0.25, 0.3) is 0 Å². The zero-order valence-electron chi connectivity index (χ0n) is 16.9. The lowest BCUT2D eigenvalue weighted by atomic mass is 9.96. The van der Waals surface area contributed by atoms with Gasteiger partial charge in [0, 0.05) is 10.9 Å². The third-order valence-electron chi connectivity index (χ3n) is 5.54. The highest BCUT2D eigenvalue weighted by Crippen LogP contribution is 2.31. The molecule has 0 aliphatic carbocycles. The van der Waals surface area contributed by atoms with Crippen molar-refractivity contribution in [2.75, 3.05) is 0 Å². The van der Waals surface area contributed by atoms with Gasteiger partial charge < -0.3 is 0 Å². The summed E-state index contributed by atoms with van der Waals surface area (Å²) in [4.78, 5) is 0. The molecule has 0 aliphatic rings. The molecule has 0 aliphatic heterocycles. The first-order valence-corrected chi connectivity index (χ1v) is 10.3. The lowest BCUT2D eigenvalue weighted by molar-refractivity contribution is 0.517. The molecular weight excluding hydrogens is 381 g/mol. The van der Waals surface area contributed by atoms with Crippen LogP contribution < -0.4 is 0 Å². The second-order valence-electron chi connectivity index (χ2n) is 7.65. The van der Waals surface area contributed by atoms with Gasteiger partial charge in [-0.3, -0.25) is 0 Å². The molecule has 0 amide bonds. The van der Waals surface area contributed by atoms with Gasteiger partial charge in [-0.2, -0.15) is 0 Å². The standard InChI is InChI=1S/C27H23F3/c1-2-3-4-5-18-6-8-19(9-7-18)20-10-13-23(26(29)17-20)21-11-14-24-22(16-21)12-15-25(28)27(24)30/h6-17H,2-5H2,1H3. The lowest BCUT2D eigenvalue weighted by Gasteiger charge is -2.09. The molecule has 0 radical (unpaired) electrons. The topological polar surface area (TPSA) is 0 Å². The van der Waals surface area contributed by atoms with E-state index >= 15 is 0 Å². The zero-order valence-corrected chi connectivity index (χ0v) is 16.9. The van der Waals surface area contributed by atoms with E-state index in [1.807, 2.05) is 18.2 Å². The largest absolute Gasteiger partial charge is 0.206 e. The van der Waals surface area contributed by atoms with Crippen LogP contribution in [0.4, 0.5) is 13.2 Å². The first-order chi connectivity index (χ1) is 14.6. The van der Waals surface area contributed by atoms with E-state index in [1.54, 1.807) is 18.2 Å². The SMILES string of the molecule is CCCCCc1ccc(-c2ccc(-c3ccc4c(F)c(F)ccc4c3)c(F)c2)cc1. The Hall–Kier alpha value is -3.07. The molecular formula is C27H23F3. The van der Waals surface area contributed by atoms with Crippen LogP contribution in [0.3, 0.4) is 0 Å². The number of aryl methyl sites for hydroxylation is 1. The van der Waals surface area contributed by atoms with Crippen LogP contribution >= 0.6 is 0 Å². The number of halogens is 3. The molecule has 0 aromatic heterocycles. The van der Waals surface area contributed by atoms with Crippen LogP contribution in [0.1, 0.15) is 31.7 Å². The van der Waals surface area contributed by atoms with Crippen LogP contribution in [-0.4, -0.2) is 0 Å². The Morgan fingerprint density at radius 3 is 2.10 bits per heavy atom. The summed E-state index contributed by atoms with van der Waals surface area (Å²) in [6.45, 7) is 2.19. The molecule has 4 aromatic rings. The van der Waals surface area contributed by atoms with E-state index < -0.39 is 11.6 Å². The van der Waals surface area contributed by atoms with Crippen molar-refractivity contribution >= 4 is 10.8 Å². The number of rotatable bonds is 6. The molecule has 4 aromatic carbocycles. The number of unbranched alkanes of at least 4 members (excludes halogenated alkanes) is 2. The summed E-state index contributed by atoms with van der Waals surface area (Å²) >= 11 is 0. The fourth-order valence-electron chi connectivity index (χ4n) is 3.80. The van der Waals surface area contributed by atoms with Crippen molar-refractivity contribution in [1.29, 1.82) is 0 Å². The first kappa shape index (κ1) is 20.2. The quantitative estimate of drug-likeness (QED) is 0.283. The highest BCUT2D eigenvalue weighted by molar-refractivity contribution is 5.88. The van der Waals surface area contributed by atoms with E-state index in [0.29, 0.717) is 16.5 Å². The molecule has 0 nitrogen and oxygen atoms in total. The Kier molecular flexibility index (Phi) is 5.89. The Morgan fingerprint density at radius 2 is 1.37 bits per heavy atom. The van der Waals surface area contributed by atoms with E-state index in [0.717, 1.165) is 23.6 Å². The van der Waals surface area contributed by atoms with Crippen molar-refractivity contribution in [3.05, 3.63) is 95.8 Å². The Labute approximate surface area is 175 Å². The molecule has 0 fully saturated rings. The van der Waals surface area contributed by atoms with Gasteiger partial charge in [0.2, 0.25) is 0 Å². The highest BCUT2D eigenvalue weighted by Gasteiger charge is 2.11. The van der Waals surface area contributed by atoms with E-state index in [2.05, 4.69) is 19.1 Å². The summed E-state index contributed by atoms with van der Waals surface area (Å²) in [7, 11) is 0. The predicted molar refractivity (Wildman–Crippen MR) is 118 cm³/mol. The first-order valence-electron chi connectivity index (χ1n) is 10.3. The molecule has 0 saturated carbocycles. The minimum absolute atomic E-state index is 0.190. The molecule has 0 heterocycles. The molecule has 4 rings (SSSR count). The summed E-state index contributed by atoms with van der Waals surface area (Å²) in [6.07, 6.45) is 4.67. The average Bonchev–Trinajstić information content (AvgIpc) is 2.77. The maximum atomic E-state index is 14.9. The minimum atomic E-state index is -0.887. The normalized spacial score (nSPS) is 11.2. The van der Waals surface area contributed by atoms with Crippen LogP contribution in [0.15, 0.2) is 72.8 Å². The molecule has 152 valence electrons. The average molecular weight is 404 g/mol. The van der Waals surface area contributed by atoms with Crippen LogP contribution in [0.2, 0.25) is 0 Å². The van der Waals surface area contributed by atoms with E-state index in [4.69, 9.17) is 0 Å². The Balaban J connectivity index is 1.60. The minimum Gasteiger partial charge on any atom is -0.206 e. The molecule has 0 saturated heterocycles. The van der Waals surface area contributed by atoms with Gasteiger partial charge in [-0.05, 0) is 58.7 Å². The second kappa shape index (κ2) is 8.74. The van der Waals surface area contributed by atoms with Crippen molar-refractivity contribution in [2.24, 2.45) is 0 Å². The van der Waals surface area contributed by atoms with Gasteiger partial charge in [0.05, 0.1) is 0 Å². The van der Waals surface area contributed by atoms with Gasteiger partial charge >= 0.3 is 0 Å². The fraction of sp³-hybridized carbons (Fsp3) is 0.185. The van der Waals surface area contributed by atoms with E-state index in [9.17, 15) is 13.2 Å². The summed E-state index contributed by atoms with van der Waals surface area (Å²) < 4.78 is 42.2. The summed E-state index contributed by atoms with van der Waals surface area (Å²) in [5.41, 5.74) is 4.13. The molecule has 0 unspecified atom stereocenters. The molecule has 3 heteroatoms. The maximum absolute atomic E-state index is 14.9. The third-order valence-corrected chi connectivity index (χ3v) is 5.54. The Morgan fingerprint density at radius 1 is 0.633 bits per heavy atom. The molecule has 0 bridgehead atoms. The smallest absolute Gasteiger partial charge is 0.166 e. The molecule has 0 spiro atoms. The third kappa shape index (κ3) is 4.11. The van der Waals surface area contributed by atoms with Crippen molar-refractivity contribution in [2.45, 2.75) is 32.6 Å². The second-order valence-corrected chi connectivity index (χ2v) is 7.65. The van der Waals surface area contributed by atoms with E-state index in [1.165, 1.54) is 43.0 Å². The van der Waals surface area contributed by atoms with E-state index in [-0.39, 0.29) is 11.2 Å². The van der Waals surface area contributed by atoms with Crippen molar-refractivity contribution in [3.63, 3.8) is 0 Å². The summed E-state index contributed by atoms with van der Waals surface area (Å²) in [6, 6.07) is 20.8. The Bertz CT molecular complexity index is 1180. The maximum Gasteiger partial charge on any atom is 0.166 e. The van der Waals surface area contributed by atoms with Gasteiger partial charge in [-0.1, -0.05) is 74.4 Å². The zero-order chi connectivity index (χ0) is 21.1. The van der Waals surface area contributed by atoms with Gasteiger partial charge in [-0.15, -0.1) is 0 Å². The van der Waals surface area contributed by atoms with Crippen LogP contribution in [0.25, 0.3) is 33.0 Å². The van der Waals surface area contributed by atoms with Crippen molar-refractivity contribution in [3.8, 4) is 22.3 Å². The lowest BCUT2D eigenvalue weighted by Crippen LogP contribution is -1.90. The van der Waals surface area contributed by atoms with Gasteiger partial charge in [0.15, 0.2) is 11.6 Å². The van der Waals surface area contributed by atoms with Gasteiger partial charge in [0.1, 0.15) is 5.82 Å². The summed E-state index contributed by atoms with van der Waals surface area (Å²) in [5.74, 6) is -2.11. The number of hydrogen-bond acceptors (Lipinski definition) is 0. The summed E-state index contributed by atoms with van der Waals surface area (Å²) in [5, 5.41) is 0.725. The molecule has 0 N–H and O–H groups in total. The highest BCUT2D eigenvalue weighted by atomic mass is 19.2. The fourth-order valence-corrected chi connectivity index (χ4v) is 3.80. The van der Waals surface area contributed by atoms with Crippen LogP contribution in [0.5, 0.6) is 0 Å². The van der Waals surface area contributed by atoms with Crippen LogP contribution in [0, 0.1) is 17.5 Å². The molecule has 30 heavy (non-hydrogen) atoms. The van der Waals surface area contributed by atoms with Crippen LogP contribution in [-0.2, 0) is 6.42 Å². The number of benzene rings is 4.